The lowest BCUT2D eigenvalue weighted by molar-refractivity contribution is 0.102. The summed E-state index contributed by atoms with van der Waals surface area (Å²) in [6.07, 6.45) is 10.5. The summed E-state index contributed by atoms with van der Waals surface area (Å²) in [5, 5.41) is 2.77. The van der Waals surface area contributed by atoms with Gasteiger partial charge in [-0.05, 0) is 39.3 Å². The van der Waals surface area contributed by atoms with E-state index in [-0.39, 0.29) is 11.6 Å². The van der Waals surface area contributed by atoms with Crippen LogP contribution in [0.1, 0.15) is 35.4 Å². The van der Waals surface area contributed by atoms with Crippen LogP contribution in [0.25, 0.3) is 5.65 Å². The monoisotopic (exact) mass is 422 g/mol. The fraction of sp³-hybridized carbons (Fsp3) is 0.476. The van der Waals surface area contributed by atoms with Crippen molar-refractivity contribution in [1.82, 2.24) is 29.2 Å². The predicted molar refractivity (Wildman–Crippen MR) is 116 cm³/mol. The van der Waals surface area contributed by atoms with Crippen LogP contribution in [0.15, 0.2) is 24.8 Å². The number of imidazole rings is 1. The van der Waals surface area contributed by atoms with E-state index >= 15 is 0 Å². The van der Waals surface area contributed by atoms with Gasteiger partial charge in [-0.2, -0.15) is 4.98 Å². The highest BCUT2D eigenvalue weighted by Gasteiger charge is 2.30. The Bertz CT molecular complexity index is 1090. The largest absolute Gasteiger partial charge is 0.478 e. The van der Waals surface area contributed by atoms with E-state index in [2.05, 4.69) is 35.1 Å². The smallest absolute Gasteiger partial charge is 0.277 e. The molecule has 0 bridgehead atoms. The van der Waals surface area contributed by atoms with Gasteiger partial charge >= 0.3 is 0 Å². The van der Waals surface area contributed by atoms with E-state index in [0.717, 1.165) is 31.0 Å². The number of amides is 1. The fourth-order valence-corrected chi connectivity index (χ4v) is 4.43. The maximum absolute atomic E-state index is 12.7. The number of nitrogens with one attached hydrogen (secondary N) is 1. The van der Waals surface area contributed by atoms with Crippen molar-refractivity contribution in [3.8, 4) is 5.88 Å². The molecule has 10 nitrogen and oxygen atoms in total. The molecule has 3 aromatic rings. The van der Waals surface area contributed by atoms with Gasteiger partial charge in [0.05, 0.1) is 31.4 Å². The molecule has 1 atom stereocenters. The maximum atomic E-state index is 12.7. The molecule has 5 rings (SSSR count). The Morgan fingerprint density at radius 3 is 2.71 bits per heavy atom. The first kappa shape index (κ1) is 19.7. The van der Waals surface area contributed by atoms with E-state index in [4.69, 9.17) is 4.74 Å². The Morgan fingerprint density at radius 2 is 1.97 bits per heavy atom. The molecule has 2 aliphatic rings. The van der Waals surface area contributed by atoms with Crippen molar-refractivity contribution in [1.29, 1.82) is 0 Å². The number of ether oxygens (including phenoxy) is 1. The summed E-state index contributed by atoms with van der Waals surface area (Å²) in [6, 6.07) is 0.593. The molecule has 0 spiro atoms. The summed E-state index contributed by atoms with van der Waals surface area (Å²) in [4.78, 5) is 35.0. The minimum atomic E-state index is -0.374. The third kappa shape index (κ3) is 3.90. The van der Waals surface area contributed by atoms with Gasteiger partial charge < -0.3 is 15.0 Å². The molecule has 3 aromatic heterocycles. The van der Waals surface area contributed by atoms with E-state index < -0.39 is 0 Å². The standard InChI is InChI=1S/C21H26N8O2/c1-14-11-29-13-17(26-21(31-2)19(29)24-14)25-20(30)16-9-23-18(10-22-16)28-8-5-15(12-28)27-6-3-4-7-27/h9-11,13,15H,3-8,12H2,1-2H3,(H,25,30). The van der Waals surface area contributed by atoms with Gasteiger partial charge in [-0.3, -0.25) is 14.1 Å². The third-order valence-corrected chi connectivity index (χ3v) is 5.98. The fourth-order valence-electron chi connectivity index (χ4n) is 4.43. The molecule has 1 N–H and O–H groups in total. The van der Waals surface area contributed by atoms with Crippen molar-refractivity contribution >= 4 is 23.2 Å². The minimum Gasteiger partial charge on any atom is -0.478 e. The second-order valence-electron chi connectivity index (χ2n) is 8.09. The quantitative estimate of drug-likeness (QED) is 0.664. The molecule has 5 heterocycles. The van der Waals surface area contributed by atoms with Crippen LogP contribution in [0.5, 0.6) is 5.88 Å². The predicted octanol–water partition coefficient (Wildman–Crippen LogP) is 1.76. The van der Waals surface area contributed by atoms with Gasteiger partial charge in [0.25, 0.3) is 11.8 Å². The van der Waals surface area contributed by atoms with Crippen molar-refractivity contribution in [2.45, 2.75) is 32.2 Å². The van der Waals surface area contributed by atoms with Gasteiger partial charge in [0.2, 0.25) is 5.65 Å². The van der Waals surface area contributed by atoms with Crippen molar-refractivity contribution < 1.29 is 9.53 Å². The Labute approximate surface area is 180 Å². The van der Waals surface area contributed by atoms with E-state index in [0.29, 0.717) is 23.4 Å². The Balaban J connectivity index is 1.27. The minimum absolute atomic E-state index is 0.238. The average Bonchev–Trinajstić information content (AvgIpc) is 3.53. The summed E-state index contributed by atoms with van der Waals surface area (Å²) in [7, 11) is 1.52. The summed E-state index contributed by atoms with van der Waals surface area (Å²) < 4.78 is 7.08. The third-order valence-electron chi connectivity index (χ3n) is 5.98. The normalized spacial score (nSPS) is 19.3. The highest BCUT2D eigenvalue weighted by molar-refractivity contribution is 6.02. The Hall–Kier alpha value is -3.27. The SMILES string of the molecule is COc1nc(NC(=O)c2cnc(N3CCC(N4CCCC4)C3)cn2)cn2cc(C)nc12. The lowest BCUT2D eigenvalue weighted by Gasteiger charge is -2.23. The van der Waals surface area contributed by atoms with E-state index in [1.807, 2.05) is 13.1 Å². The zero-order valence-electron chi connectivity index (χ0n) is 17.8. The molecule has 0 saturated carbocycles. The number of aromatic nitrogens is 5. The molecule has 0 aromatic carbocycles. The number of hydrogen-bond acceptors (Lipinski definition) is 8. The molecular formula is C21H26N8O2. The van der Waals surface area contributed by atoms with Gasteiger partial charge in [0.1, 0.15) is 11.5 Å². The van der Waals surface area contributed by atoms with Crippen LogP contribution in [-0.4, -0.2) is 74.5 Å². The second kappa shape index (κ2) is 8.10. The molecule has 162 valence electrons. The second-order valence-corrected chi connectivity index (χ2v) is 8.09. The topological polar surface area (TPSA) is 101 Å². The van der Waals surface area contributed by atoms with Crippen LogP contribution in [0.3, 0.4) is 0 Å². The number of carbonyl (C=O) groups excluding carboxylic acids is 1. The first-order chi connectivity index (χ1) is 15.1. The Kier molecular flexibility index (Phi) is 5.14. The highest BCUT2D eigenvalue weighted by atomic mass is 16.5. The number of aryl methyl sites for hydroxylation is 1. The van der Waals surface area contributed by atoms with Gasteiger partial charge in [-0.25, -0.2) is 15.0 Å². The number of hydrogen-bond donors (Lipinski definition) is 1. The molecule has 0 aliphatic carbocycles. The van der Waals surface area contributed by atoms with E-state index in [9.17, 15) is 4.79 Å². The van der Waals surface area contributed by atoms with Crippen LogP contribution in [-0.2, 0) is 0 Å². The van der Waals surface area contributed by atoms with Crippen LogP contribution < -0.4 is 15.0 Å². The number of rotatable bonds is 5. The van der Waals surface area contributed by atoms with Crippen molar-refractivity contribution in [2.75, 3.05) is 43.5 Å². The zero-order chi connectivity index (χ0) is 21.4. The number of anilines is 2. The van der Waals surface area contributed by atoms with Gasteiger partial charge in [-0.15, -0.1) is 0 Å². The Morgan fingerprint density at radius 1 is 1.13 bits per heavy atom. The number of nitrogens with zero attached hydrogens (tertiary/aromatic N) is 7. The van der Waals surface area contributed by atoms with E-state index in [1.54, 1.807) is 16.8 Å². The molecule has 1 unspecified atom stereocenters. The van der Waals surface area contributed by atoms with Crippen LogP contribution in [0.2, 0.25) is 0 Å². The van der Waals surface area contributed by atoms with Gasteiger partial charge in [0.15, 0.2) is 5.82 Å². The summed E-state index contributed by atoms with van der Waals surface area (Å²) in [6.45, 7) is 6.22. The average molecular weight is 422 g/mol. The maximum Gasteiger partial charge on any atom is 0.277 e. The summed E-state index contributed by atoms with van der Waals surface area (Å²) in [5.74, 6) is 1.13. The summed E-state index contributed by atoms with van der Waals surface area (Å²) in [5.41, 5.74) is 1.67. The number of carbonyl (C=O) groups is 1. The molecule has 0 radical (unpaired) electrons. The summed E-state index contributed by atoms with van der Waals surface area (Å²) >= 11 is 0. The van der Waals surface area contributed by atoms with Gasteiger partial charge in [0, 0.05) is 25.3 Å². The van der Waals surface area contributed by atoms with Crippen molar-refractivity contribution in [2.24, 2.45) is 0 Å². The highest BCUT2D eigenvalue weighted by Crippen LogP contribution is 2.24. The van der Waals surface area contributed by atoms with Crippen LogP contribution in [0, 0.1) is 6.92 Å². The molecule has 10 heteroatoms. The molecule has 2 fully saturated rings. The van der Waals surface area contributed by atoms with Crippen molar-refractivity contribution in [3.05, 3.63) is 36.2 Å². The lowest BCUT2D eigenvalue weighted by Crippen LogP contribution is -2.35. The van der Waals surface area contributed by atoms with Crippen LogP contribution in [0.4, 0.5) is 11.6 Å². The molecule has 2 aliphatic heterocycles. The zero-order valence-corrected chi connectivity index (χ0v) is 17.8. The lowest BCUT2D eigenvalue weighted by atomic mass is 10.2. The first-order valence-corrected chi connectivity index (χ1v) is 10.6. The number of methoxy groups -OCH3 is 1. The molecule has 31 heavy (non-hydrogen) atoms. The number of fused-ring (bicyclic) bond motifs is 1. The van der Waals surface area contributed by atoms with Crippen molar-refractivity contribution in [3.63, 3.8) is 0 Å². The first-order valence-electron chi connectivity index (χ1n) is 10.6. The van der Waals surface area contributed by atoms with E-state index in [1.165, 1.54) is 39.2 Å². The molecule has 1 amide bonds. The number of likely N-dealkylation sites (tertiary alicyclic amines) is 1. The van der Waals surface area contributed by atoms with Crippen LogP contribution >= 0.6 is 0 Å². The molecular weight excluding hydrogens is 396 g/mol. The molecule has 2 saturated heterocycles. The van der Waals surface area contributed by atoms with Gasteiger partial charge in [-0.1, -0.05) is 0 Å².